The van der Waals surface area contributed by atoms with E-state index in [0.29, 0.717) is 6.54 Å². The number of anilines is 1. The molecule has 0 saturated heterocycles. The van der Waals surface area contributed by atoms with Gasteiger partial charge in [0.05, 0.1) is 12.1 Å². The molecular weight excluding hydrogens is 362 g/mol. The topological polar surface area (TPSA) is 58.0 Å². The van der Waals surface area contributed by atoms with Crippen molar-refractivity contribution in [1.82, 2.24) is 9.97 Å². The predicted octanol–water partition coefficient (Wildman–Crippen LogP) is 3.12. The number of benzene rings is 1. The molecule has 0 spiro atoms. The third-order valence-corrected chi connectivity index (χ3v) is 3.55. The number of hydrogen-bond acceptors (Lipinski definition) is 4. The van der Waals surface area contributed by atoms with Crippen LogP contribution in [-0.2, 0) is 6.42 Å². The number of hydrogen-bond donors (Lipinski definition) is 2. The van der Waals surface area contributed by atoms with Gasteiger partial charge in [0, 0.05) is 27.3 Å². The van der Waals surface area contributed by atoms with Gasteiger partial charge in [-0.05, 0) is 28.1 Å². The van der Waals surface area contributed by atoms with Gasteiger partial charge in [0.1, 0.15) is 11.6 Å². The van der Waals surface area contributed by atoms with Gasteiger partial charge in [0.25, 0.3) is 0 Å². The number of rotatable bonds is 4. The van der Waals surface area contributed by atoms with Crippen molar-refractivity contribution in [2.75, 3.05) is 18.5 Å². The molecule has 1 heterocycles. The molecule has 18 heavy (non-hydrogen) atoms. The van der Waals surface area contributed by atoms with E-state index in [0.717, 1.165) is 37.9 Å². The number of aryl methyl sites for hydroxylation is 1. The quantitative estimate of drug-likeness (QED) is 0.863. The van der Waals surface area contributed by atoms with Gasteiger partial charge in [-0.15, -0.1) is 0 Å². The average Bonchev–Trinajstić information content (AvgIpc) is 2.36. The van der Waals surface area contributed by atoms with Crippen LogP contribution in [0.15, 0.2) is 21.1 Å². The first kappa shape index (κ1) is 13.7. The summed E-state index contributed by atoms with van der Waals surface area (Å²) >= 11 is 6.97. The van der Waals surface area contributed by atoms with E-state index in [-0.39, 0.29) is 6.61 Å². The molecule has 1 aromatic carbocycles. The van der Waals surface area contributed by atoms with E-state index in [9.17, 15) is 0 Å². The number of aliphatic hydroxyl groups is 1. The van der Waals surface area contributed by atoms with Gasteiger partial charge in [-0.2, -0.15) is 0 Å². The highest BCUT2D eigenvalue weighted by molar-refractivity contribution is 9.11. The number of nitrogens with zero attached hydrogens (tertiary/aromatic N) is 2. The summed E-state index contributed by atoms with van der Waals surface area (Å²) in [6.07, 6.45) is 0.770. The van der Waals surface area contributed by atoms with E-state index in [2.05, 4.69) is 47.1 Å². The molecule has 0 radical (unpaired) electrons. The first-order valence-electron chi connectivity index (χ1n) is 5.66. The molecule has 0 aliphatic rings. The Bertz CT molecular complexity index is 575. The Morgan fingerprint density at radius 2 is 2.06 bits per heavy atom. The number of fused-ring (bicyclic) bond motifs is 1. The lowest BCUT2D eigenvalue weighted by molar-refractivity contribution is 0.311. The summed E-state index contributed by atoms with van der Waals surface area (Å²) in [5.74, 6) is 1.54. The molecule has 0 amide bonds. The Morgan fingerprint density at radius 1 is 1.28 bits per heavy atom. The van der Waals surface area contributed by atoms with Crippen molar-refractivity contribution in [2.24, 2.45) is 0 Å². The van der Waals surface area contributed by atoms with Gasteiger partial charge >= 0.3 is 0 Å². The Morgan fingerprint density at radius 3 is 2.72 bits per heavy atom. The zero-order valence-electron chi connectivity index (χ0n) is 9.87. The maximum absolute atomic E-state index is 8.91. The van der Waals surface area contributed by atoms with Crippen LogP contribution in [0, 0.1) is 0 Å². The Labute approximate surface area is 122 Å². The van der Waals surface area contributed by atoms with Crippen LogP contribution in [0.2, 0.25) is 0 Å². The van der Waals surface area contributed by atoms with E-state index in [1.807, 2.05) is 19.1 Å². The van der Waals surface area contributed by atoms with E-state index in [1.165, 1.54) is 0 Å². The summed E-state index contributed by atoms with van der Waals surface area (Å²) in [6, 6.07) is 3.93. The molecule has 0 fully saturated rings. The van der Waals surface area contributed by atoms with Crippen molar-refractivity contribution in [3.63, 3.8) is 0 Å². The van der Waals surface area contributed by atoms with Gasteiger partial charge in [-0.25, -0.2) is 9.97 Å². The zero-order valence-corrected chi connectivity index (χ0v) is 13.0. The van der Waals surface area contributed by atoms with Crippen LogP contribution in [0.5, 0.6) is 0 Å². The van der Waals surface area contributed by atoms with E-state index in [1.54, 1.807) is 0 Å². The van der Waals surface area contributed by atoms with Crippen LogP contribution in [0.25, 0.3) is 10.9 Å². The van der Waals surface area contributed by atoms with Crippen LogP contribution in [0.3, 0.4) is 0 Å². The Balaban J connectivity index is 2.64. The first-order valence-corrected chi connectivity index (χ1v) is 7.24. The van der Waals surface area contributed by atoms with Crippen LogP contribution in [0.4, 0.5) is 5.82 Å². The number of nitrogens with one attached hydrogen (secondary N) is 1. The normalized spacial score (nSPS) is 10.9. The summed E-state index contributed by atoms with van der Waals surface area (Å²) in [5, 5.41) is 13.0. The molecule has 0 aliphatic carbocycles. The molecule has 6 heteroatoms. The second kappa shape index (κ2) is 5.95. The van der Waals surface area contributed by atoms with Crippen molar-refractivity contribution >= 4 is 48.6 Å². The molecule has 0 aliphatic heterocycles. The second-order valence-electron chi connectivity index (χ2n) is 3.78. The lowest BCUT2D eigenvalue weighted by Crippen LogP contribution is -2.09. The lowest BCUT2D eigenvalue weighted by atomic mass is 10.2. The minimum atomic E-state index is 0.0716. The molecule has 1 aromatic heterocycles. The fraction of sp³-hybridized carbons (Fsp3) is 0.333. The first-order chi connectivity index (χ1) is 8.65. The predicted molar refractivity (Wildman–Crippen MR) is 79.9 cm³/mol. The van der Waals surface area contributed by atoms with Gasteiger partial charge in [0.15, 0.2) is 0 Å². The fourth-order valence-electron chi connectivity index (χ4n) is 1.67. The second-order valence-corrected chi connectivity index (χ2v) is 5.55. The highest BCUT2D eigenvalue weighted by Gasteiger charge is 2.10. The minimum absolute atomic E-state index is 0.0716. The smallest absolute Gasteiger partial charge is 0.137 e. The molecule has 4 nitrogen and oxygen atoms in total. The lowest BCUT2D eigenvalue weighted by Gasteiger charge is -2.10. The van der Waals surface area contributed by atoms with Gasteiger partial charge in [0.2, 0.25) is 0 Å². The van der Waals surface area contributed by atoms with Crippen molar-refractivity contribution < 1.29 is 5.11 Å². The summed E-state index contributed by atoms with van der Waals surface area (Å²) in [5.41, 5.74) is 0.880. The summed E-state index contributed by atoms with van der Waals surface area (Å²) in [4.78, 5) is 8.99. The van der Waals surface area contributed by atoms with Crippen molar-refractivity contribution in [1.29, 1.82) is 0 Å². The Hall–Kier alpha value is -0.720. The average molecular weight is 375 g/mol. The molecule has 2 rings (SSSR count). The van der Waals surface area contributed by atoms with Crippen LogP contribution >= 0.6 is 31.9 Å². The highest BCUT2D eigenvalue weighted by Crippen LogP contribution is 2.30. The Kier molecular flexibility index (Phi) is 4.53. The molecule has 0 saturated carbocycles. The molecule has 0 unspecified atom stereocenters. The zero-order chi connectivity index (χ0) is 13.1. The summed E-state index contributed by atoms with van der Waals surface area (Å²) in [6.45, 7) is 2.56. The largest absolute Gasteiger partial charge is 0.395 e. The molecule has 0 bridgehead atoms. The van der Waals surface area contributed by atoms with Gasteiger partial charge in [-0.3, -0.25) is 0 Å². The van der Waals surface area contributed by atoms with Gasteiger partial charge < -0.3 is 10.4 Å². The maximum Gasteiger partial charge on any atom is 0.137 e. The van der Waals surface area contributed by atoms with Crippen molar-refractivity contribution in [3.05, 3.63) is 26.9 Å². The van der Waals surface area contributed by atoms with Gasteiger partial charge in [-0.1, -0.05) is 22.9 Å². The van der Waals surface area contributed by atoms with Crippen LogP contribution in [-0.4, -0.2) is 28.2 Å². The fourth-order valence-corrected chi connectivity index (χ4v) is 2.98. The summed E-state index contributed by atoms with van der Waals surface area (Å²) < 4.78 is 1.89. The third-order valence-electron chi connectivity index (χ3n) is 2.49. The third kappa shape index (κ3) is 2.81. The van der Waals surface area contributed by atoms with Crippen molar-refractivity contribution in [3.8, 4) is 0 Å². The molecule has 0 atom stereocenters. The number of halogens is 2. The molecule has 96 valence electrons. The number of aromatic nitrogens is 2. The van der Waals surface area contributed by atoms with Crippen LogP contribution < -0.4 is 5.32 Å². The molecule has 2 N–H and O–H groups in total. The SMILES string of the molecule is CCc1nc(NCCO)c2cc(Br)cc(Br)c2n1. The molecular formula is C12H13Br2N3O. The maximum atomic E-state index is 8.91. The van der Waals surface area contributed by atoms with E-state index in [4.69, 9.17) is 5.11 Å². The summed E-state index contributed by atoms with van der Waals surface area (Å²) in [7, 11) is 0. The standard InChI is InChI=1S/C12H13Br2N3O/c1-2-10-16-11-8(5-7(13)6-9(11)14)12(17-10)15-3-4-18/h5-6,18H,2-4H2,1H3,(H,15,16,17). The highest BCUT2D eigenvalue weighted by atomic mass is 79.9. The van der Waals surface area contributed by atoms with Crippen LogP contribution in [0.1, 0.15) is 12.7 Å². The van der Waals surface area contributed by atoms with Crippen molar-refractivity contribution in [2.45, 2.75) is 13.3 Å². The van der Waals surface area contributed by atoms with E-state index < -0.39 is 0 Å². The monoisotopic (exact) mass is 373 g/mol. The minimum Gasteiger partial charge on any atom is -0.395 e. The molecule has 2 aromatic rings. The van der Waals surface area contributed by atoms with E-state index >= 15 is 0 Å². The number of aliphatic hydroxyl groups excluding tert-OH is 1.